The zero-order valence-corrected chi connectivity index (χ0v) is 18.5. The van der Waals surface area contributed by atoms with E-state index in [0.29, 0.717) is 37.6 Å². The average molecular weight is 444 g/mol. The lowest BCUT2D eigenvalue weighted by atomic mass is 9.97. The van der Waals surface area contributed by atoms with Crippen molar-refractivity contribution in [2.24, 2.45) is 0 Å². The number of fused-ring (bicyclic) bond motifs is 3. The summed E-state index contributed by atoms with van der Waals surface area (Å²) in [6.45, 7) is 4.29. The number of methoxy groups -OCH3 is 1. The molecule has 0 radical (unpaired) electrons. The molecule has 0 spiro atoms. The summed E-state index contributed by atoms with van der Waals surface area (Å²) in [7, 11) is 1.56. The minimum absolute atomic E-state index is 0.236. The molecule has 0 amide bonds. The number of carbonyl (C=O) groups is 1. The van der Waals surface area contributed by atoms with Crippen LogP contribution >= 0.6 is 11.3 Å². The van der Waals surface area contributed by atoms with Gasteiger partial charge in [-0.15, -0.1) is 11.3 Å². The minimum Gasteiger partial charge on any atom is -0.477 e. The molecule has 0 fully saturated rings. The number of esters is 1. The van der Waals surface area contributed by atoms with Crippen molar-refractivity contribution in [3.05, 3.63) is 61.6 Å². The Hall–Kier alpha value is -2.68. The maximum atomic E-state index is 12.1. The lowest BCUT2D eigenvalue weighted by molar-refractivity contribution is -0.144. The number of nitrogens with zero attached hydrogens (tertiary/aromatic N) is 1. The quantitative estimate of drug-likeness (QED) is 0.299. The Morgan fingerprint density at radius 1 is 1.29 bits per heavy atom. The van der Waals surface area contributed by atoms with Gasteiger partial charge in [0.15, 0.2) is 0 Å². The molecule has 0 N–H and O–H groups in total. The molecule has 0 saturated heterocycles. The smallest absolute Gasteiger partial charge is 0.336 e. The van der Waals surface area contributed by atoms with Crippen LogP contribution in [0.4, 0.5) is 0 Å². The fourth-order valence-corrected chi connectivity index (χ4v) is 4.51. The molecule has 8 heteroatoms. The number of benzene rings is 1. The third-order valence-corrected chi connectivity index (χ3v) is 6.11. The zero-order chi connectivity index (χ0) is 21.8. The predicted octanol–water partition coefficient (Wildman–Crippen LogP) is 3.64. The standard InChI is InChI=1S/C23H25NO6S/c1-15-10-21(26)30-23-18(15)11-16(5-6-20(25)28-8-7-27-2)22-19(23)13-24(14-29-22)12-17-4-3-9-31-17/h3-4,9-11H,5-8,12-14H2,1-2H3. The van der Waals surface area contributed by atoms with Gasteiger partial charge in [0.2, 0.25) is 0 Å². The largest absolute Gasteiger partial charge is 0.477 e. The van der Waals surface area contributed by atoms with Gasteiger partial charge in [0, 0.05) is 42.9 Å². The highest BCUT2D eigenvalue weighted by molar-refractivity contribution is 7.09. The first kappa shape index (κ1) is 21.5. The first-order valence-corrected chi connectivity index (χ1v) is 11.0. The number of aryl methyl sites for hydroxylation is 2. The van der Waals surface area contributed by atoms with Crippen molar-refractivity contribution in [1.29, 1.82) is 0 Å². The van der Waals surface area contributed by atoms with Gasteiger partial charge in [0.25, 0.3) is 0 Å². The molecule has 1 aromatic carbocycles. The lowest BCUT2D eigenvalue weighted by Gasteiger charge is -2.30. The van der Waals surface area contributed by atoms with Gasteiger partial charge >= 0.3 is 11.6 Å². The van der Waals surface area contributed by atoms with Crippen LogP contribution in [0.2, 0.25) is 0 Å². The van der Waals surface area contributed by atoms with Gasteiger partial charge in [0.1, 0.15) is 24.7 Å². The summed E-state index contributed by atoms with van der Waals surface area (Å²) in [5, 5.41) is 2.91. The van der Waals surface area contributed by atoms with E-state index in [1.54, 1.807) is 18.4 Å². The van der Waals surface area contributed by atoms with E-state index in [-0.39, 0.29) is 24.6 Å². The van der Waals surface area contributed by atoms with Gasteiger partial charge in [0.05, 0.1) is 12.2 Å². The molecule has 164 valence electrons. The molecule has 3 aromatic rings. The van der Waals surface area contributed by atoms with Crippen molar-refractivity contribution in [2.75, 3.05) is 27.1 Å². The van der Waals surface area contributed by atoms with Gasteiger partial charge < -0.3 is 18.6 Å². The first-order valence-electron chi connectivity index (χ1n) is 10.2. The summed E-state index contributed by atoms with van der Waals surface area (Å²) in [5.74, 6) is 0.422. The molecule has 0 unspecified atom stereocenters. The molecule has 7 nitrogen and oxygen atoms in total. The van der Waals surface area contributed by atoms with Gasteiger partial charge in [-0.1, -0.05) is 6.07 Å². The molecular formula is C23H25NO6S. The lowest BCUT2D eigenvalue weighted by Crippen LogP contribution is -2.32. The summed E-state index contributed by atoms with van der Waals surface area (Å²) in [4.78, 5) is 27.5. The number of thiophene rings is 1. The molecular weight excluding hydrogens is 418 g/mol. The molecule has 2 aromatic heterocycles. The van der Waals surface area contributed by atoms with Crippen LogP contribution in [0, 0.1) is 6.92 Å². The second kappa shape index (κ2) is 9.64. The molecule has 1 aliphatic rings. The van der Waals surface area contributed by atoms with Crippen molar-refractivity contribution in [3.8, 4) is 5.75 Å². The topological polar surface area (TPSA) is 78.2 Å². The summed E-state index contributed by atoms with van der Waals surface area (Å²) in [6, 6.07) is 7.57. The van der Waals surface area contributed by atoms with Crippen LogP contribution in [-0.4, -0.2) is 37.9 Å². The Kier molecular flexibility index (Phi) is 6.70. The highest BCUT2D eigenvalue weighted by Crippen LogP contribution is 2.37. The van der Waals surface area contributed by atoms with Crippen molar-refractivity contribution >= 4 is 28.3 Å². The molecule has 0 atom stereocenters. The Bertz CT molecular complexity index is 1120. The SMILES string of the molecule is COCCOC(=O)CCc1cc2c(C)cc(=O)oc2c2c1OCN(Cc1cccs1)C2. The number of carbonyl (C=O) groups excluding carboxylic acids is 1. The normalized spacial score (nSPS) is 13.7. The molecule has 31 heavy (non-hydrogen) atoms. The van der Waals surface area contributed by atoms with Crippen molar-refractivity contribution in [2.45, 2.75) is 32.9 Å². The maximum absolute atomic E-state index is 12.1. The van der Waals surface area contributed by atoms with E-state index in [4.69, 9.17) is 18.6 Å². The minimum atomic E-state index is -0.378. The van der Waals surface area contributed by atoms with E-state index in [2.05, 4.69) is 16.3 Å². The second-order valence-electron chi connectivity index (χ2n) is 7.52. The van der Waals surface area contributed by atoms with E-state index >= 15 is 0 Å². The van der Waals surface area contributed by atoms with Crippen LogP contribution in [0.1, 0.15) is 28.0 Å². The van der Waals surface area contributed by atoms with Crippen LogP contribution in [0.5, 0.6) is 5.75 Å². The van der Waals surface area contributed by atoms with E-state index < -0.39 is 0 Å². The number of ether oxygens (including phenoxy) is 3. The van der Waals surface area contributed by atoms with Crippen LogP contribution in [0.15, 0.2) is 38.9 Å². The van der Waals surface area contributed by atoms with E-state index in [9.17, 15) is 9.59 Å². The Morgan fingerprint density at radius 3 is 2.94 bits per heavy atom. The fourth-order valence-electron chi connectivity index (χ4n) is 3.77. The zero-order valence-electron chi connectivity index (χ0n) is 17.6. The van der Waals surface area contributed by atoms with Gasteiger partial charge in [-0.05, 0) is 42.0 Å². The average Bonchev–Trinajstić information content (AvgIpc) is 3.25. The Balaban J connectivity index is 1.63. The molecule has 0 bridgehead atoms. The number of rotatable bonds is 8. The van der Waals surface area contributed by atoms with Gasteiger partial charge in [-0.2, -0.15) is 0 Å². The molecule has 3 heterocycles. The first-order chi connectivity index (χ1) is 15.0. The van der Waals surface area contributed by atoms with E-state index in [1.807, 2.05) is 19.1 Å². The van der Waals surface area contributed by atoms with Gasteiger partial charge in [-0.3, -0.25) is 9.69 Å². The highest BCUT2D eigenvalue weighted by Gasteiger charge is 2.26. The van der Waals surface area contributed by atoms with Crippen LogP contribution < -0.4 is 10.4 Å². The van der Waals surface area contributed by atoms with Gasteiger partial charge in [-0.25, -0.2) is 4.79 Å². The van der Waals surface area contributed by atoms with E-state index in [0.717, 1.165) is 28.6 Å². The number of hydrogen-bond donors (Lipinski definition) is 0. The molecule has 0 saturated carbocycles. The Labute approximate surface area is 184 Å². The molecule has 0 aliphatic carbocycles. The van der Waals surface area contributed by atoms with Crippen LogP contribution in [-0.2, 0) is 33.8 Å². The van der Waals surface area contributed by atoms with Crippen molar-refractivity contribution in [3.63, 3.8) is 0 Å². The molecule has 1 aliphatic heterocycles. The number of hydrogen-bond acceptors (Lipinski definition) is 8. The van der Waals surface area contributed by atoms with Crippen molar-refractivity contribution < 1.29 is 23.4 Å². The third kappa shape index (κ3) is 4.98. The monoisotopic (exact) mass is 443 g/mol. The highest BCUT2D eigenvalue weighted by atomic mass is 32.1. The van der Waals surface area contributed by atoms with Crippen LogP contribution in [0.25, 0.3) is 11.0 Å². The molecule has 4 rings (SSSR count). The predicted molar refractivity (Wildman–Crippen MR) is 117 cm³/mol. The summed E-state index contributed by atoms with van der Waals surface area (Å²) in [6.07, 6.45) is 0.716. The summed E-state index contributed by atoms with van der Waals surface area (Å²) < 4.78 is 21.8. The summed E-state index contributed by atoms with van der Waals surface area (Å²) >= 11 is 1.70. The third-order valence-electron chi connectivity index (χ3n) is 5.25. The summed E-state index contributed by atoms with van der Waals surface area (Å²) in [5.41, 5.74) is 2.79. The van der Waals surface area contributed by atoms with Crippen molar-refractivity contribution in [1.82, 2.24) is 4.90 Å². The van der Waals surface area contributed by atoms with Crippen LogP contribution in [0.3, 0.4) is 0 Å². The van der Waals surface area contributed by atoms with E-state index in [1.165, 1.54) is 10.9 Å². The second-order valence-corrected chi connectivity index (χ2v) is 8.55. The maximum Gasteiger partial charge on any atom is 0.336 e. The Morgan fingerprint density at radius 2 is 2.16 bits per heavy atom. The fraction of sp³-hybridized carbons (Fsp3) is 0.391.